The molecule has 0 aliphatic heterocycles. The van der Waals surface area contributed by atoms with Gasteiger partial charge in [-0.25, -0.2) is 0 Å². The lowest BCUT2D eigenvalue weighted by Crippen LogP contribution is -2.48. The van der Waals surface area contributed by atoms with E-state index in [0.29, 0.717) is 0 Å². The third-order valence-electron chi connectivity index (χ3n) is 2.78. The molecule has 0 unspecified atom stereocenters. The smallest absolute Gasteiger partial charge is 0.322 e. The quantitative estimate of drug-likeness (QED) is 0.669. The Labute approximate surface area is 112 Å². The summed E-state index contributed by atoms with van der Waals surface area (Å²) in [5.41, 5.74) is 0.768. The number of rotatable bonds is 7. The molecule has 0 heterocycles. The van der Waals surface area contributed by atoms with Gasteiger partial charge in [-0.05, 0) is 24.8 Å². The van der Waals surface area contributed by atoms with Gasteiger partial charge in [-0.3, -0.25) is 4.79 Å². The van der Waals surface area contributed by atoms with Crippen LogP contribution in [0.4, 0.5) is 0 Å². The molecule has 1 aromatic rings. The number of benzene rings is 1. The van der Waals surface area contributed by atoms with Gasteiger partial charge in [-0.1, -0.05) is 30.3 Å². The molecule has 1 aromatic carbocycles. The van der Waals surface area contributed by atoms with Crippen molar-refractivity contribution in [2.45, 2.75) is 31.3 Å². The fourth-order valence-electron chi connectivity index (χ4n) is 1.67. The van der Waals surface area contributed by atoms with E-state index >= 15 is 0 Å². The van der Waals surface area contributed by atoms with Crippen LogP contribution in [0.5, 0.6) is 0 Å². The van der Waals surface area contributed by atoms with Crippen LogP contribution in [0.15, 0.2) is 30.3 Å². The minimum absolute atomic E-state index is 0.0522. The summed E-state index contributed by atoms with van der Waals surface area (Å²) in [7, 11) is -3.76. The molecule has 2 rings (SSSR count). The second-order valence-corrected chi connectivity index (χ2v) is 6.07. The average Bonchev–Trinajstić information content (AvgIpc) is 3.12. The van der Waals surface area contributed by atoms with Gasteiger partial charge in [0.2, 0.25) is 0 Å². The minimum Gasteiger partial charge on any atom is -0.480 e. The highest BCUT2D eigenvalue weighted by Gasteiger charge is 2.30. The van der Waals surface area contributed by atoms with E-state index in [-0.39, 0.29) is 12.5 Å². The van der Waals surface area contributed by atoms with Gasteiger partial charge in [-0.15, -0.1) is 0 Å². The van der Waals surface area contributed by atoms with Gasteiger partial charge in [0.25, 0.3) is 10.2 Å². The van der Waals surface area contributed by atoms with Crippen molar-refractivity contribution in [3.8, 4) is 0 Å². The highest BCUT2D eigenvalue weighted by atomic mass is 32.2. The van der Waals surface area contributed by atoms with E-state index in [2.05, 4.69) is 9.44 Å². The molecule has 0 saturated heterocycles. The van der Waals surface area contributed by atoms with Gasteiger partial charge in [0.15, 0.2) is 0 Å². The number of carboxylic acid groups (broad SMARTS) is 1. The summed E-state index contributed by atoms with van der Waals surface area (Å²) in [6.07, 6.45) is 1.72. The Kier molecular flexibility index (Phi) is 4.18. The van der Waals surface area contributed by atoms with E-state index in [1.165, 1.54) is 0 Å². The number of nitrogens with one attached hydrogen (secondary N) is 2. The zero-order valence-corrected chi connectivity index (χ0v) is 11.1. The predicted molar refractivity (Wildman–Crippen MR) is 69.8 cm³/mol. The lowest BCUT2D eigenvalue weighted by atomic mass is 10.1. The molecule has 0 aromatic heterocycles. The maximum Gasteiger partial charge on any atom is 0.322 e. The van der Waals surface area contributed by atoms with Crippen LogP contribution in [-0.2, 0) is 21.4 Å². The van der Waals surface area contributed by atoms with Crippen LogP contribution in [0.25, 0.3) is 0 Å². The summed E-state index contributed by atoms with van der Waals surface area (Å²) in [6.45, 7) is 0. The first-order chi connectivity index (χ1) is 8.96. The van der Waals surface area contributed by atoms with E-state index in [9.17, 15) is 13.2 Å². The van der Waals surface area contributed by atoms with Gasteiger partial charge >= 0.3 is 5.97 Å². The second kappa shape index (κ2) is 5.68. The molecule has 0 radical (unpaired) electrons. The number of hydrogen-bond donors (Lipinski definition) is 3. The molecule has 0 bridgehead atoms. The van der Waals surface area contributed by atoms with Crippen LogP contribution >= 0.6 is 0 Å². The van der Waals surface area contributed by atoms with Crippen molar-refractivity contribution >= 4 is 16.2 Å². The Balaban J connectivity index is 2.01. The molecule has 6 nitrogen and oxygen atoms in total. The van der Waals surface area contributed by atoms with Crippen molar-refractivity contribution < 1.29 is 18.3 Å². The molecule has 1 aliphatic rings. The van der Waals surface area contributed by atoms with Crippen LogP contribution in [0.3, 0.4) is 0 Å². The van der Waals surface area contributed by atoms with Gasteiger partial charge in [0.05, 0.1) is 0 Å². The van der Waals surface area contributed by atoms with E-state index < -0.39 is 22.2 Å². The van der Waals surface area contributed by atoms with Crippen molar-refractivity contribution in [1.29, 1.82) is 0 Å². The molecule has 19 heavy (non-hydrogen) atoms. The Bertz CT molecular complexity index is 540. The Hall–Kier alpha value is -1.44. The van der Waals surface area contributed by atoms with Gasteiger partial charge in [0, 0.05) is 6.04 Å². The lowest BCUT2D eigenvalue weighted by molar-refractivity contribution is -0.138. The molecule has 1 aliphatic carbocycles. The first-order valence-corrected chi connectivity index (χ1v) is 7.51. The first-order valence-electron chi connectivity index (χ1n) is 6.02. The average molecular weight is 284 g/mol. The van der Waals surface area contributed by atoms with Crippen molar-refractivity contribution in [3.05, 3.63) is 35.9 Å². The summed E-state index contributed by atoms with van der Waals surface area (Å²) < 4.78 is 28.0. The normalized spacial score (nSPS) is 17.1. The molecule has 0 spiro atoms. The molecule has 1 saturated carbocycles. The van der Waals surface area contributed by atoms with Crippen LogP contribution in [0.2, 0.25) is 0 Å². The summed E-state index contributed by atoms with van der Waals surface area (Å²) in [5.74, 6) is -1.19. The molecule has 104 valence electrons. The third kappa shape index (κ3) is 4.62. The molecule has 0 amide bonds. The largest absolute Gasteiger partial charge is 0.480 e. The summed E-state index contributed by atoms with van der Waals surface area (Å²) >= 11 is 0. The van der Waals surface area contributed by atoms with Crippen molar-refractivity contribution in [2.75, 3.05) is 0 Å². The zero-order valence-electron chi connectivity index (χ0n) is 10.2. The Morgan fingerprint density at radius 1 is 1.32 bits per heavy atom. The first kappa shape index (κ1) is 14.0. The lowest BCUT2D eigenvalue weighted by Gasteiger charge is -2.15. The fourth-order valence-corrected chi connectivity index (χ4v) is 2.97. The van der Waals surface area contributed by atoms with Crippen molar-refractivity contribution in [1.82, 2.24) is 9.44 Å². The molecular weight excluding hydrogens is 268 g/mol. The Morgan fingerprint density at radius 3 is 2.47 bits per heavy atom. The third-order valence-corrected chi connectivity index (χ3v) is 4.02. The van der Waals surface area contributed by atoms with Crippen LogP contribution in [0.1, 0.15) is 18.4 Å². The molecule has 1 fully saturated rings. The van der Waals surface area contributed by atoms with Gasteiger partial charge in [0.1, 0.15) is 6.04 Å². The van der Waals surface area contributed by atoms with Crippen molar-refractivity contribution in [2.24, 2.45) is 0 Å². The number of aliphatic carboxylic acids is 1. The molecular formula is C12H16N2O4S. The maximum atomic E-state index is 11.7. The second-order valence-electron chi connectivity index (χ2n) is 4.59. The van der Waals surface area contributed by atoms with E-state index in [4.69, 9.17) is 5.11 Å². The minimum atomic E-state index is -3.76. The summed E-state index contributed by atoms with van der Waals surface area (Å²) in [4.78, 5) is 11.1. The van der Waals surface area contributed by atoms with E-state index in [1.54, 1.807) is 24.3 Å². The van der Waals surface area contributed by atoms with E-state index in [0.717, 1.165) is 18.4 Å². The topological polar surface area (TPSA) is 95.5 Å². The molecule has 3 N–H and O–H groups in total. The number of carboxylic acids is 1. The maximum absolute atomic E-state index is 11.7. The van der Waals surface area contributed by atoms with Crippen LogP contribution in [-0.4, -0.2) is 31.6 Å². The van der Waals surface area contributed by atoms with Gasteiger partial charge in [-0.2, -0.15) is 17.9 Å². The van der Waals surface area contributed by atoms with E-state index in [1.807, 2.05) is 6.07 Å². The SMILES string of the molecule is O=C(O)[C@@H](Cc1ccccc1)NS(=O)(=O)NC1CC1. The van der Waals surface area contributed by atoms with Crippen LogP contribution in [0, 0.1) is 0 Å². The predicted octanol–water partition coefficient (Wildman–Crippen LogP) is 0.269. The highest BCUT2D eigenvalue weighted by Crippen LogP contribution is 2.19. The number of hydrogen-bond acceptors (Lipinski definition) is 3. The highest BCUT2D eigenvalue weighted by molar-refractivity contribution is 7.87. The fraction of sp³-hybridized carbons (Fsp3) is 0.417. The van der Waals surface area contributed by atoms with Gasteiger partial charge < -0.3 is 5.11 Å². The monoisotopic (exact) mass is 284 g/mol. The van der Waals surface area contributed by atoms with Crippen molar-refractivity contribution in [3.63, 3.8) is 0 Å². The standard InChI is InChI=1S/C12H16N2O4S/c15-12(16)11(8-9-4-2-1-3-5-9)14-19(17,18)13-10-6-7-10/h1-5,10-11,13-14H,6-8H2,(H,15,16)/t11-/m1/s1. The Morgan fingerprint density at radius 2 is 1.95 bits per heavy atom. The summed E-state index contributed by atoms with van der Waals surface area (Å²) in [6, 6.07) is 7.69. The molecule has 7 heteroatoms. The molecule has 1 atom stereocenters. The zero-order chi connectivity index (χ0) is 13.9. The van der Waals surface area contributed by atoms with Crippen LogP contribution < -0.4 is 9.44 Å². The summed E-state index contributed by atoms with van der Waals surface area (Å²) in [5, 5.41) is 9.09. The number of carbonyl (C=O) groups is 1.